The van der Waals surface area contributed by atoms with Gasteiger partial charge in [0.25, 0.3) is 5.56 Å². The second-order valence-electron chi connectivity index (χ2n) is 6.78. The molecule has 0 radical (unpaired) electrons. The monoisotopic (exact) mass is 392 g/mol. The number of carbonyl (C=O) groups is 1. The van der Waals surface area contributed by atoms with Crippen molar-refractivity contribution in [1.29, 1.82) is 0 Å². The Balaban J connectivity index is 1.74. The zero-order valence-electron chi connectivity index (χ0n) is 15.8. The number of hydrogen-bond acceptors (Lipinski definition) is 8. The molecule has 2 N–H and O–H groups in total. The van der Waals surface area contributed by atoms with Crippen molar-refractivity contribution < 1.29 is 4.79 Å². The quantitative estimate of drug-likeness (QED) is 0.720. The van der Waals surface area contributed by atoms with Crippen LogP contribution in [-0.4, -0.2) is 57.5 Å². The van der Waals surface area contributed by atoms with Gasteiger partial charge in [-0.2, -0.15) is 0 Å². The van der Waals surface area contributed by atoms with Crippen LogP contribution in [0.2, 0.25) is 0 Å². The molecular formula is C17H24N6O3S. The summed E-state index contributed by atoms with van der Waals surface area (Å²) in [5.74, 6) is -0.440. The van der Waals surface area contributed by atoms with Crippen molar-refractivity contribution in [3.05, 3.63) is 37.5 Å². The van der Waals surface area contributed by atoms with E-state index in [1.807, 2.05) is 17.2 Å². The lowest BCUT2D eigenvalue weighted by atomic mass is 10.1. The van der Waals surface area contributed by atoms with Gasteiger partial charge in [0.05, 0.1) is 12.2 Å². The summed E-state index contributed by atoms with van der Waals surface area (Å²) in [7, 11) is 2.80. The zero-order valence-corrected chi connectivity index (χ0v) is 16.6. The number of thiazole rings is 1. The predicted molar refractivity (Wildman–Crippen MR) is 106 cm³/mol. The summed E-state index contributed by atoms with van der Waals surface area (Å²) in [5.41, 5.74) is 5.59. The maximum atomic E-state index is 12.8. The SMILES string of the molecule is Cc1csc(N2CCCN(CC(=O)c3c(N)n(C)c(=O)n(C)c3=O)CC2)n1. The Bertz CT molecular complexity index is 976. The van der Waals surface area contributed by atoms with Crippen molar-refractivity contribution in [2.45, 2.75) is 13.3 Å². The van der Waals surface area contributed by atoms with E-state index in [0.717, 1.165) is 46.0 Å². The van der Waals surface area contributed by atoms with E-state index in [9.17, 15) is 14.4 Å². The number of aromatic nitrogens is 3. The summed E-state index contributed by atoms with van der Waals surface area (Å²) in [5, 5.41) is 3.02. The highest BCUT2D eigenvalue weighted by Crippen LogP contribution is 2.21. The van der Waals surface area contributed by atoms with Gasteiger partial charge in [0, 0.05) is 45.7 Å². The first-order chi connectivity index (χ1) is 12.8. The maximum absolute atomic E-state index is 12.8. The average molecular weight is 392 g/mol. The molecule has 0 spiro atoms. The van der Waals surface area contributed by atoms with E-state index in [4.69, 9.17) is 5.73 Å². The first-order valence-corrected chi connectivity index (χ1v) is 9.65. The number of Topliss-reactive ketones (excluding diaryl/α,β-unsaturated/α-hetero) is 1. The third kappa shape index (κ3) is 3.81. The highest BCUT2D eigenvalue weighted by atomic mass is 32.1. The molecule has 1 saturated heterocycles. The molecule has 0 aliphatic carbocycles. The third-order valence-electron chi connectivity index (χ3n) is 4.82. The Morgan fingerprint density at radius 1 is 1.19 bits per heavy atom. The Labute approximate surface area is 160 Å². The average Bonchev–Trinajstić information content (AvgIpc) is 2.93. The van der Waals surface area contributed by atoms with Crippen LogP contribution in [0.3, 0.4) is 0 Å². The van der Waals surface area contributed by atoms with Gasteiger partial charge in [-0.05, 0) is 13.3 Å². The normalized spacial score (nSPS) is 15.7. The van der Waals surface area contributed by atoms with Crippen LogP contribution >= 0.6 is 11.3 Å². The summed E-state index contributed by atoms with van der Waals surface area (Å²) in [6.07, 6.45) is 0.896. The Hall–Kier alpha value is -2.46. The molecule has 10 heteroatoms. The fourth-order valence-corrected chi connectivity index (χ4v) is 4.07. The standard InChI is InChI=1S/C17H24N6O3S/c1-11-10-27-16(19-11)23-6-4-5-22(7-8-23)9-12(24)13-14(18)20(2)17(26)21(3)15(13)25/h10H,4-9,18H2,1-3H3. The first-order valence-electron chi connectivity index (χ1n) is 8.77. The van der Waals surface area contributed by atoms with E-state index in [1.54, 1.807) is 11.3 Å². The van der Waals surface area contributed by atoms with Gasteiger partial charge < -0.3 is 10.6 Å². The highest BCUT2D eigenvalue weighted by molar-refractivity contribution is 7.13. The van der Waals surface area contributed by atoms with Crippen molar-refractivity contribution in [2.24, 2.45) is 14.1 Å². The molecule has 0 amide bonds. The van der Waals surface area contributed by atoms with Crippen LogP contribution < -0.4 is 21.9 Å². The van der Waals surface area contributed by atoms with E-state index >= 15 is 0 Å². The molecule has 3 rings (SSSR count). The van der Waals surface area contributed by atoms with Crippen LogP contribution in [0.1, 0.15) is 22.5 Å². The van der Waals surface area contributed by atoms with Crippen LogP contribution in [0.4, 0.5) is 10.9 Å². The molecule has 0 aromatic carbocycles. The van der Waals surface area contributed by atoms with E-state index in [-0.39, 0.29) is 23.7 Å². The van der Waals surface area contributed by atoms with Crippen LogP contribution in [-0.2, 0) is 14.1 Å². The minimum Gasteiger partial charge on any atom is -0.384 e. The molecule has 2 aromatic heterocycles. The lowest BCUT2D eigenvalue weighted by Crippen LogP contribution is -2.43. The van der Waals surface area contributed by atoms with Gasteiger partial charge in [-0.3, -0.25) is 23.6 Å². The summed E-state index contributed by atoms with van der Waals surface area (Å²) < 4.78 is 2.04. The summed E-state index contributed by atoms with van der Waals surface area (Å²) in [4.78, 5) is 45.8. The van der Waals surface area contributed by atoms with Gasteiger partial charge in [-0.15, -0.1) is 11.3 Å². The fraction of sp³-hybridized carbons (Fsp3) is 0.529. The molecule has 0 atom stereocenters. The molecule has 2 aromatic rings. The number of nitrogens with two attached hydrogens (primary N) is 1. The van der Waals surface area contributed by atoms with E-state index in [2.05, 4.69) is 9.88 Å². The van der Waals surface area contributed by atoms with Gasteiger partial charge in [0.15, 0.2) is 10.9 Å². The molecule has 0 saturated carbocycles. The van der Waals surface area contributed by atoms with Crippen molar-refractivity contribution in [2.75, 3.05) is 43.4 Å². The van der Waals surface area contributed by atoms with E-state index in [0.29, 0.717) is 6.54 Å². The van der Waals surface area contributed by atoms with Crippen LogP contribution in [0.5, 0.6) is 0 Å². The summed E-state index contributed by atoms with van der Waals surface area (Å²) >= 11 is 1.62. The smallest absolute Gasteiger partial charge is 0.332 e. The lowest BCUT2D eigenvalue weighted by molar-refractivity contribution is 0.0933. The second kappa shape index (κ2) is 7.65. The van der Waals surface area contributed by atoms with Gasteiger partial charge in [-0.1, -0.05) is 0 Å². The molecule has 0 bridgehead atoms. The molecule has 1 aliphatic rings. The van der Waals surface area contributed by atoms with Crippen LogP contribution in [0.25, 0.3) is 0 Å². The minimum atomic E-state index is -0.643. The topological polar surface area (TPSA) is 106 Å². The van der Waals surface area contributed by atoms with Crippen LogP contribution in [0, 0.1) is 6.92 Å². The molecule has 0 unspecified atom stereocenters. The number of nitrogen functional groups attached to an aromatic ring is 1. The van der Waals surface area contributed by atoms with Gasteiger partial charge in [0.2, 0.25) is 0 Å². The van der Waals surface area contributed by atoms with Crippen molar-refractivity contribution in [1.82, 2.24) is 19.0 Å². The summed E-state index contributed by atoms with van der Waals surface area (Å²) in [6.45, 7) is 5.15. The van der Waals surface area contributed by atoms with Gasteiger partial charge >= 0.3 is 5.69 Å². The van der Waals surface area contributed by atoms with Crippen molar-refractivity contribution in [3.63, 3.8) is 0 Å². The van der Waals surface area contributed by atoms with Gasteiger partial charge in [-0.25, -0.2) is 9.78 Å². The summed E-state index contributed by atoms with van der Waals surface area (Å²) in [6, 6.07) is 0. The number of carbonyl (C=O) groups excluding carboxylic acids is 1. The number of aryl methyl sites for hydroxylation is 1. The van der Waals surface area contributed by atoms with Crippen LogP contribution in [0.15, 0.2) is 15.0 Å². The minimum absolute atomic E-state index is 0.0807. The zero-order chi connectivity index (χ0) is 19.7. The third-order valence-corrected chi connectivity index (χ3v) is 5.84. The molecule has 146 valence electrons. The van der Waals surface area contributed by atoms with Gasteiger partial charge in [0.1, 0.15) is 11.4 Å². The maximum Gasteiger partial charge on any atom is 0.332 e. The van der Waals surface area contributed by atoms with E-state index in [1.165, 1.54) is 14.1 Å². The number of rotatable bonds is 4. The Morgan fingerprint density at radius 2 is 1.93 bits per heavy atom. The predicted octanol–water partition coefficient (Wildman–Crippen LogP) is -0.174. The fourth-order valence-electron chi connectivity index (χ4n) is 3.21. The number of nitrogens with zero attached hydrogens (tertiary/aromatic N) is 5. The van der Waals surface area contributed by atoms with E-state index < -0.39 is 11.2 Å². The molecule has 9 nitrogen and oxygen atoms in total. The highest BCUT2D eigenvalue weighted by Gasteiger charge is 2.24. The molecule has 1 aliphatic heterocycles. The van der Waals surface area contributed by atoms with Crippen molar-refractivity contribution in [3.8, 4) is 0 Å². The second-order valence-corrected chi connectivity index (χ2v) is 7.61. The molecule has 3 heterocycles. The molecule has 27 heavy (non-hydrogen) atoms. The Morgan fingerprint density at radius 3 is 2.59 bits per heavy atom. The largest absolute Gasteiger partial charge is 0.384 e. The molecule has 1 fully saturated rings. The lowest BCUT2D eigenvalue weighted by Gasteiger charge is -2.21. The number of ketones is 1. The first kappa shape index (κ1) is 19.3. The number of anilines is 2. The van der Waals surface area contributed by atoms with Crippen molar-refractivity contribution >= 4 is 28.1 Å². The molecular weight excluding hydrogens is 368 g/mol. The number of hydrogen-bond donors (Lipinski definition) is 1. The Kier molecular flexibility index (Phi) is 5.47.